The second-order valence-electron chi connectivity index (χ2n) is 4.48. The van der Waals surface area contributed by atoms with Crippen LogP contribution in [0.3, 0.4) is 0 Å². The summed E-state index contributed by atoms with van der Waals surface area (Å²) in [6, 6.07) is 2.93. The van der Waals surface area contributed by atoms with Crippen molar-refractivity contribution >= 4 is 11.9 Å². The Morgan fingerprint density at radius 3 is 2.94 bits per heavy atom. The lowest BCUT2D eigenvalue weighted by molar-refractivity contribution is -0.151. The third kappa shape index (κ3) is 2.85. The molecule has 0 unspecified atom stereocenters. The first kappa shape index (κ1) is 12.5. The van der Waals surface area contributed by atoms with Crippen LogP contribution in [0.25, 0.3) is 0 Å². The highest BCUT2D eigenvalue weighted by Gasteiger charge is 2.31. The Kier molecular flexibility index (Phi) is 3.92. The van der Waals surface area contributed by atoms with Gasteiger partial charge >= 0.3 is 5.97 Å². The summed E-state index contributed by atoms with van der Waals surface area (Å²) in [4.78, 5) is 28.7. The van der Waals surface area contributed by atoms with E-state index in [9.17, 15) is 9.59 Å². The van der Waals surface area contributed by atoms with Gasteiger partial charge in [-0.15, -0.1) is 0 Å². The van der Waals surface area contributed by atoms with E-state index in [1.54, 1.807) is 18.5 Å². The van der Waals surface area contributed by atoms with Crippen molar-refractivity contribution in [3.05, 3.63) is 30.1 Å². The molecule has 5 heteroatoms. The molecule has 1 aromatic rings. The van der Waals surface area contributed by atoms with Gasteiger partial charge in [-0.05, 0) is 30.9 Å². The first-order valence-corrected chi connectivity index (χ1v) is 6.09. The first-order chi connectivity index (χ1) is 8.68. The molecule has 1 aliphatic rings. The number of likely N-dealkylation sites (tertiary alicyclic amines) is 1. The Morgan fingerprint density at radius 2 is 2.28 bits per heavy atom. The summed E-state index contributed by atoms with van der Waals surface area (Å²) in [5.41, 5.74) is 0.817. The lowest BCUT2D eigenvalue weighted by Crippen LogP contribution is -2.48. The topological polar surface area (TPSA) is 70.5 Å². The third-order valence-electron chi connectivity index (χ3n) is 3.19. The highest BCUT2D eigenvalue weighted by Crippen LogP contribution is 2.18. The van der Waals surface area contributed by atoms with Gasteiger partial charge in [0, 0.05) is 18.9 Å². The number of aliphatic carboxylic acids is 1. The van der Waals surface area contributed by atoms with Crippen LogP contribution < -0.4 is 0 Å². The van der Waals surface area contributed by atoms with E-state index in [1.165, 1.54) is 4.90 Å². The van der Waals surface area contributed by atoms with Crippen molar-refractivity contribution in [3.8, 4) is 0 Å². The second kappa shape index (κ2) is 5.62. The van der Waals surface area contributed by atoms with Gasteiger partial charge in [0.25, 0.3) is 0 Å². The van der Waals surface area contributed by atoms with Crippen LogP contribution in [-0.2, 0) is 16.0 Å². The molecular weight excluding hydrogens is 232 g/mol. The Hall–Kier alpha value is -1.91. The Bertz CT molecular complexity index is 433. The maximum Gasteiger partial charge on any atom is 0.326 e. The van der Waals surface area contributed by atoms with Crippen LogP contribution in [0.1, 0.15) is 24.8 Å². The Morgan fingerprint density at radius 1 is 1.44 bits per heavy atom. The zero-order chi connectivity index (χ0) is 13.0. The molecule has 0 aliphatic carbocycles. The molecule has 0 bridgehead atoms. The second-order valence-corrected chi connectivity index (χ2v) is 4.48. The molecule has 0 spiro atoms. The molecule has 0 saturated carbocycles. The highest BCUT2D eigenvalue weighted by molar-refractivity contribution is 5.85. The van der Waals surface area contributed by atoms with Gasteiger partial charge in [-0.3, -0.25) is 9.78 Å². The van der Waals surface area contributed by atoms with E-state index < -0.39 is 12.0 Å². The molecule has 2 rings (SSSR count). The van der Waals surface area contributed by atoms with E-state index in [0.29, 0.717) is 13.0 Å². The smallest absolute Gasteiger partial charge is 0.326 e. The van der Waals surface area contributed by atoms with E-state index in [1.807, 2.05) is 6.07 Å². The molecule has 1 aromatic heterocycles. The van der Waals surface area contributed by atoms with Gasteiger partial charge in [0.15, 0.2) is 0 Å². The number of pyridine rings is 1. The molecule has 1 N–H and O–H groups in total. The van der Waals surface area contributed by atoms with Crippen LogP contribution in [0.2, 0.25) is 0 Å². The SMILES string of the molecule is O=C(O)[C@H]1CCCCN1C(=O)Cc1cccnc1. The van der Waals surface area contributed by atoms with Crippen molar-refractivity contribution < 1.29 is 14.7 Å². The van der Waals surface area contributed by atoms with Crippen LogP contribution in [0.5, 0.6) is 0 Å². The maximum absolute atomic E-state index is 12.1. The third-order valence-corrected chi connectivity index (χ3v) is 3.19. The lowest BCUT2D eigenvalue weighted by Gasteiger charge is -2.33. The Balaban J connectivity index is 2.05. The number of carbonyl (C=O) groups is 2. The average molecular weight is 248 g/mol. The minimum absolute atomic E-state index is 0.130. The quantitative estimate of drug-likeness (QED) is 0.869. The standard InChI is InChI=1S/C13H16N2O3/c16-12(8-10-4-3-6-14-9-10)15-7-2-1-5-11(15)13(17)18/h3-4,6,9,11H,1-2,5,7-8H2,(H,17,18)/t11-/m1/s1. The first-order valence-electron chi connectivity index (χ1n) is 6.09. The molecule has 5 nitrogen and oxygen atoms in total. The van der Waals surface area contributed by atoms with Gasteiger partial charge in [0.05, 0.1) is 6.42 Å². The monoisotopic (exact) mass is 248 g/mol. The molecule has 1 aliphatic heterocycles. The maximum atomic E-state index is 12.1. The predicted molar refractivity (Wildman–Crippen MR) is 64.9 cm³/mol. The Labute approximate surface area is 105 Å². The normalized spacial score (nSPS) is 19.6. The summed E-state index contributed by atoms with van der Waals surface area (Å²) >= 11 is 0. The van der Waals surface area contributed by atoms with E-state index >= 15 is 0 Å². The molecular formula is C13H16N2O3. The number of piperidine rings is 1. The largest absolute Gasteiger partial charge is 0.480 e. The summed E-state index contributed by atoms with van der Waals surface area (Å²) in [6.07, 6.45) is 5.80. The van der Waals surface area contributed by atoms with Crippen molar-refractivity contribution in [2.45, 2.75) is 31.7 Å². The molecule has 0 radical (unpaired) electrons. The number of hydrogen-bond donors (Lipinski definition) is 1. The van der Waals surface area contributed by atoms with Gasteiger partial charge in [0.1, 0.15) is 6.04 Å². The van der Waals surface area contributed by atoms with Gasteiger partial charge in [-0.1, -0.05) is 6.07 Å². The van der Waals surface area contributed by atoms with E-state index in [4.69, 9.17) is 5.11 Å². The van der Waals surface area contributed by atoms with Crippen molar-refractivity contribution in [2.24, 2.45) is 0 Å². The molecule has 0 aromatic carbocycles. The van der Waals surface area contributed by atoms with Gasteiger partial charge < -0.3 is 10.0 Å². The minimum atomic E-state index is -0.908. The lowest BCUT2D eigenvalue weighted by atomic mass is 10.0. The number of aromatic nitrogens is 1. The number of carboxylic acid groups (broad SMARTS) is 1. The van der Waals surface area contributed by atoms with E-state index in [2.05, 4.69) is 4.98 Å². The molecule has 2 heterocycles. The van der Waals surface area contributed by atoms with Crippen LogP contribution in [0, 0.1) is 0 Å². The predicted octanol–water partition coefficient (Wildman–Crippen LogP) is 1.09. The van der Waals surface area contributed by atoms with Gasteiger partial charge in [-0.25, -0.2) is 4.79 Å². The summed E-state index contributed by atoms with van der Waals surface area (Å²) in [7, 11) is 0. The van der Waals surface area contributed by atoms with Crippen molar-refractivity contribution in [3.63, 3.8) is 0 Å². The fourth-order valence-electron chi connectivity index (χ4n) is 2.27. The average Bonchev–Trinajstić information content (AvgIpc) is 2.40. The number of nitrogens with zero attached hydrogens (tertiary/aromatic N) is 2. The summed E-state index contributed by atoms with van der Waals surface area (Å²) in [6.45, 7) is 0.538. The number of amides is 1. The van der Waals surface area contributed by atoms with Crippen LogP contribution in [0.15, 0.2) is 24.5 Å². The summed E-state index contributed by atoms with van der Waals surface area (Å²) in [5.74, 6) is -1.04. The number of rotatable bonds is 3. The highest BCUT2D eigenvalue weighted by atomic mass is 16.4. The van der Waals surface area contributed by atoms with E-state index in [-0.39, 0.29) is 12.3 Å². The van der Waals surface area contributed by atoms with E-state index in [0.717, 1.165) is 18.4 Å². The van der Waals surface area contributed by atoms with Gasteiger partial charge in [0.2, 0.25) is 5.91 Å². The van der Waals surface area contributed by atoms with Crippen LogP contribution in [0.4, 0.5) is 0 Å². The molecule has 1 fully saturated rings. The van der Waals surface area contributed by atoms with Crippen molar-refractivity contribution in [2.75, 3.05) is 6.54 Å². The number of hydrogen-bond acceptors (Lipinski definition) is 3. The fraction of sp³-hybridized carbons (Fsp3) is 0.462. The zero-order valence-electron chi connectivity index (χ0n) is 10.1. The number of carbonyl (C=O) groups excluding carboxylic acids is 1. The summed E-state index contributed by atoms with van der Waals surface area (Å²) in [5, 5.41) is 9.12. The van der Waals surface area contributed by atoms with Crippen LogP contribution >= 0.6 is 0 Å². The molecule has 96 valence electrons. The zero-order valence-corrected chi connectivity index (χ0v) is 10.1. The molecule has 1 amide bonds. The molecule has 1 saturated heterocycles. The summed E-state index contributed by atoms with van der Waals surface area (Å²) < 4.78 is 0. The van der Waals surface area contributed by atoms with Crippen molar-refractivity contribution in [1.82, 2.24) is 9.88 Å². The minimum Gasteiger partial charge on any atom is -0.480 e. The number of carboxylic acids is 1. The fourth-order valence-corrected chi connectivity index (χ4v) is 2.27. The molecule has 18 heavy (non-hydrogen) atoms. The van der Waals surface area contributed by atoms with Crippen molar-refractivity contribution in [1.29, 1.82) is 0 Å². The molecule has 1 atom stereocenters. The van der Waals surface area contributed by atoms with Gasteiger partial charge in [-0.2, -0.15) is 0 Å². The van der Waals surface area contributed by atoms with Crippen LogP contribution in [-0.4, -0.2) is 39.5 Å².